The van der Waals surface area contributed by atoms with Crippen LogP contribution in [0.1, 0.15) is 106 Å². The Hall–Kier alpha value is -5.98. The first-order valence-corrected chi connectivity index (χ1v) is 29.4. The number of para-hydroxylation sites is 1. The van der Waals surface area contributed by atoms with E-state index >= 15 is 0 Å². The Labute approximate surface area is 439 Å². The molecule has 1 unspecified atom stereocenters. The molecule has 2 amide bonds. The van der Waals surface area contributed by atoms with Gasteiger partial charge in [-0.15, -0.1) is 0 Å². The zero-order chi connectivity index (χ0) is 53.5. The number of rotatable bonds is 22. The van der Waals surface area contributed by atoms with Crippen LogP contribution in [-0.2, 0) is 63.9 Å². The monoisotopic (exact) mass is 1090 g/mol. The summed E-state index contributed by atoms with van der Waals surface area (Å²) in [5.41, 5.74) is 5.40. The van der Waals surface area contributed by atoms with E-state index in [2.05, 4.69) is 22.1 Å². The number of anilines is 2. The van der Waals surface area contributed by atoms with Crippen LogP contribution in [0.2, 0.25) is 5.02 Å². The molecule has 0 aliphatic carbocycles. The van der Waals surface area contributed by atoms with Crippen molar-refractivity contribution in [2.45, 2.75) is 107 Å². The topological polar surface area (TPSA) is 235 Å². The molecule has 3 N–H and O–H groups in total. The van der Waals surface area contributed by atoms with Crippen molar-refractivity contribution >= 4 is 76.7 Å². The van der Waals surface area contributed by atoms with Gasteiger partial charge in [-0.2, -0.15) is 16.8 Å². The molecule has 0 spiro atoms. The maximum atomic E-state index is 13.7. The van der Waals surface area contributed by atoms with Gasteiger partial charge >= 0.3 is 5.82 Å². The number of aliphatic imine (C=N–C) groups is 1. The third-order valence-electron chi connectivity index (χ3n) is 13.6. The largest absolute Gasteiger partial charge is 0.748 e. The van der Waals surface area contributed by atoms with Crippen LogP contribution < -0.4 is 19.7 Å². The summed E-state index contributed by atoms with van der Waals surface area (Å²) >= 11 is 6.47. The predicted molar refractivity (Wildman–Crippen MR) is 285 cm³/mol. The average Bonchev–Trinajstić information content (AvgIpc) is 3.71. The molecule has 0 saturated carbocycles. The number of allylic oxidation sites excluding steroid dienone is 6. The smallest absolute Gasteiger partial charge is 0.327 e. The van der Waals surface area contributed by atoms with Crippen LogP contribution in [0.25, 0.3) is 0 Å². The van der Waals surface area contributed by atoms with Crippen molar-refractivity contribution in [1.29, 1.82) is 0 Å². The maximum absolute atomic E-state index is 13.7. The van der Waals surface area contributed by atoms with Crippen molar-refractivity contribution in [2.75, 3.05) is 34.4 Å². The Balaban J connectivity index is 1.04. The summed E-state index contributed by atoms with van der Waals surface area (Å²) in [7, 11) is -13.2. The van der Waals surface area contributed by atoms with Gasteiger partial charge in [-0.05, 0) is 124 Å². The molecule has 3 aliphatic rings. The van der Waals surface area contributed by atoms with Gasteiger partial charge in [0.1, 0.15) is 6.20 Å². The highest BCUT2D eigenvalue weighted by atomic mass is 35.5. The minimum absolute atomic E-state index is 0.0879. The lowest BCUT2D eigenvalue weighted by molar-refractivity contribution is -0.684. The molecule has 3 aromatic carbocycles. The molecule has 16 nitrogen and oxygen atoms in total. The Morgan fingerprint density at radius 2 is 1.55 bits per heavy atom. The fourth-order valence-corrected chi connectivity index (χ4v) is 11.5. The number of carbonyl (C=O) groups is 2. The number of aryl methyl sites for hydroxylation is 1. The van der Waals surface area contributed by atoms with Gasteiger partial charge in [0.05, 0.1) is 55.5 Å². The summed E-state index contributed by atoms with van der Waals surface area (Å²) in [6.45, 7) is 7.09. The fraction of sp³-hybridized carbons (Fsp3) is 0.370. The lowest BCUT2D eigenvalue weighted by atomic mass is 9.77. The Kier molecular flexibility index (Phi) is 17.5. The minimum Gasteiger partial charge on any atom is -0.748 e. The number of hydrogen-bond acceptors (Lipinski definition) is 11. The first kappa shape index (κ1) is 55.8. The van der Waals surface area contributed by atoms with Crippen molar-refractivity contribution in [2.24, 2.45) is 4.99 Å². The number of carbonyl (C=O) groups excluding carboxylic acids is 2. The van der Waals surface area contributed by atoms with Crippen LogP contribution in [0.4, 0.5) is 17.2 Å². The van der Waals surface area contributed by atoms with Gasteiger partial charge in [0.15, 0.2) is 5.71 Å². The molecular formula is C54H60ClN5O11S3. The second-order valence-corrected chi connectivity index (χ2v) is 24.3. The lowest BCUT2D eigenvalue weighted by Crippen LogP contribution is -2.36. The van der Waals surface area contributed by atoms with E-state index < -0.39 is 52.7 Å². The Morgan fingerprint density at radius 1 is 0.824 bits per heavy atom. The van der Waals surface area contributed by atoms with E-state index in [1.54, 1.807) is 21.7 Å². The molecular weight excluding hydrogens is 1030 g/mol. The van der Waals surface area contributed by atoms with Crippen molar-refractivity contribution < 1.29 is 53.1 Å². The highest BCUT2D eigenvalue weighted by Crippen LogP contribution is 2.51. The molecule has 0 bridgehead atoms. The maximum Gasteiger partial charge on any atom is 0.327 e. The molecule has 20 heteroatoms. The molecule has 4 heterocycles. The molecule has 74 heavy (non-hydrogen) atoms. The lowest BCUT2D eigenvalue weighted by Gasteiger charge is -2.30. The van der Waals surface area contributed by atoms with E-state index in [1.165, 1.54) is 12.1 Å². The van der Waals surface area contributed by atoms with Gasteiger partial charge in [-0.1, -0.05) is 84.8 Å². The number of amides is 2. The number of pyridine rings is 1. The summed E-state index contributed by atoms with van der Waals surface area (Å²) in [4.78, 5) is 35.1. The van der Waals surface area contributed by atoms with Gasteiger partial charge in [0.25, 0.3) is 20.2 Å². The van der Waals surface area contributed by atoms with E-state index in [9.17, 15) is 48.5 Å². The standard InChI is InChI=1S/C54H60ClN5O11S3/c1-53(2)45-35-42(55)38-58(31-16-34-73(66,67)68)52(45)57-48(53)21-6-4-7-22-49-54(3,29-13-15-33-72(63,64)65)44-36-43(74(69,70)71)26-27-47(44)59(49)32-14-5-8-23-50(61)56-30-28-51(62)60-37-41-19-10-9-17-39(41)24-25-40-18-11-12-20-46(40)60/h4,6-7,9-12,17-22,26-27,35-36,38H,5,8,13-16,23,28-34,37H2,1-3H3,(H3-,56,61,63,64,65,66,67,68,69,70,71). The van der Waals surface area contributed by atoms with Gasteiger partial charge < -0.3 is 19.7 Å². The molecule has 1 atom stereocenters. The number of unbranched alkanes of at least 4 members (excludes halogenated alkanes) is 3. The summed E-state index contributed by atoms with van der Waals surface area (Å²) in [6.07, 6.45) is 13.9. The van der Waals surface area contributed by atoms with E-state index in [1.807, 2.05) is 106 Å². The molecule has 7 rings (SSSR count). The second kappa shape index (κ2) is 23.3. The number of halogens is 1. The third-order valence-corrected chi connectivity index (χ3v) is 16.2. The van der Waals surface area contributed by atoms with Crippen molar-refractivity contribution in [3.8, 4) is 11.8 Å². The van der Waals surface area contributed by atoms with Gasteiger partial charge in [0.2, 0.25) is 11.8 Å². The number of hydrogen-bond donors (Lipinski definition) is 3. The van der Waals surface area contributed by atoms with E-state index in [0.29, 0.717) is 73.0 Å². The number of nitrogens with one attached hydrogen (secondary N) is 1. The fourth-order valence-electron chi connectivity index (χ4n) is 9.70. The van der Waals surface area contributed by atoms with Gasteiger partial charge in [0, 0.05) is 59.6 Å². The minimum atomic E-state index is -4.60. The zero-order valence-corrected chi connectivity index (χ0v) is 44.7. The number of nitrogens with zero attached hydrogens (tertiary/aromatic N) is 4. The van der Waals surface area contributed by atoms with Crippen LogP contribution in [-0.4, -0.2) is 81.0 Å². The number of fused-ring (bicyclic) bond motifs is 4. The summed E-state index contributed by atoms with van der Waals surface area (Å²) in [5.74, 6) is 5.71. The van der Waals surface area contributed by atoms with Crippen molar-refractivity contribution in [1.82, 2.24) is 5.32 Å². The van der Waals surface area contributed by atoms with Crippen LogP contribution in [0.5, 0.6) is 0 Å². The SMILES string of the molecule is CC1(C)C(/C=C/C=C/C=C2/N(CCCCCC(=O)NCCC(=O)N3Cc4ccccc4C#Cc4ccccc43)c3ccc(S(=O)(=O)O)cc3C2(C)CCCCS(=O)(=O)O)=Nc2c1cc(Cl)c[n+]2CCCS(=O)(=O)[O-]. The first-order valence-electron chi connectivity index (χ1n) is 24.4. The van der Waals surface area contributed by atoms with Crippen LogP contribution in [0, 0.1) is 11.8 Å². The van der Waals surface area contributed by atoms with Gasteiger partial charge in [-0.3, -0.25) is 18.7 Å². The molecule has 4 aromatic rings. The van der Waals surface area contributed by atoms with E-state index in [4.69, 9.17) is 16.6 Å². The van der Waals surface area contributed by atoms with Crippen LogP contribution in [0.15, 0.2) is 125 Å². The second-order valence-electron chi connectivity index (χ2n) is 19.3. The summed E-state index contributed by atoms with van der Waals surface area (Å²) in [5, 5.41) is 3.33. The highest BCUT2D eigenvalue weighted by molar-refractivity contribution is 7.86. The van der Waals surface area contributed by atoms with Gasteiger partial charge in [-0.25, -0.2) is 13.0 Å². The quantitative estimate of drug-likeness (QED) is 0.0223. The third kappa shape index (κ3) is 13.8. The average molecular weight is 1090 g/mol. The number of benzene rings is 3. The summed E-state index contributed by atoms with van der Waals surface area (Å²) in [6, 6.07) is 21.5. The van der Waals surface area contributed by atoms with Crippen LogP contribution >= 0.6 is 11.6 Å². The Morgan fingerprint density at radius 3 is 2.30 bits per heavy atom. The van der Waals surface area contributed by atoms with Crippen LogP contribution in [0.3, 0.4) is 0 Å². The zero-order valence-electron chi connectivity index (χ0n) is 41.5. The highest BCUT2D eigenvalue weighted by Gasteiger charge is 2.44. The molecule has 0 fully saturated rings. The number of aromatic nitrogens is 1. The van der Waals surface area contributed by atoms with Crippen molar-refractivity contribution in [3.63, 3.8) is 0 Å². The normalized spacial score (nSPS) is 17.6. The van der Waals surface area contributed by atoms with E-state index in [0.717, 1.165) is 33.6 Å². The summed E-state index contributed by atoms with van der Waals surface area (Å²) < 4.78 is 103. The molecule has 0 saturated heterocycles. The molecule has 392 valence electrons. The van der Waals surface area contributed by atoms with Crippen molar-refractivity contribution in [3.05, 3.63) is 148 Å². The predicted octanol–water partition coefficient (Wildman–Crippen LogP) is 8.02. The molecule has 1 aromatic heterocycles. The first-order chi connectivity index (χ1) is 34.9. The molecule has 3 aliphatic heterocycles. The Bertz CT molecular complexity index is 3360. The molecule has 0 radical (unpaired) electrons. The van der Waals surface area contributed by atoms with E-state index in [-0.39, 0.29) is 55.5 Å².